The van der Waals surface area contributed by atoms with Crippen molar-refractivity contribution in [1.82, 2.24) is 4.90 Å². The summed E-state index contributed by atoms with van der Waals surface area (Å²) in [5, 5.41) is 11.3. The van der Waals surface area contributed by atoms with Crippen LogP contribution in [0.15, 0.2) is 12.1 Å². The summed E-state index contributed by atoms with van der Waals surface area (Å²) in [4.78, 5) is 2.34. The minimum atomic E-state index is -0.686. The number of aliphatic hydroxyl groups is 1. The van der Waals surface area contributed by atoms with Crippen molar-refractivity contribution in [2.24, 2.45) is 5.92 Å². The van der Waals surface area contributed by atoms with Crippen molar-refractivity contribution in [3.05, 3.63) is 34.4 Å². The van der Waals surface area contributed by atoms with E-state index in [9.17, 15) is 5.11 Å². The maximum atomic E-state index is 11.3. The molecule has 2 nitrogen and oxygen atoms in total. The minimum absolute atomic E-state index is 0.259. The van der Waals surface area contributed by atoms with E-state index in [-0.39, 0.29) is 5.92 Å². The van der Waals surface area contributed by atoms with Crippen LogP contribution in [0, 0.1) is 26.7 Å². The first-order valence-electron chi connectivity index (χ1n) is 7.26. The van der Waals surface area contributed by atoms with E-state index in [4.69, 9.17) is 0 Å². The number of benzene rings is 1. The number of aryl methyl sites for hydroxylation is 3. The summed E-state index contributed by atoms with van der Waals surface area (Å²) >= 11 is 0. The van der Waals surface area contributed by atoms with E-state index in [0.29, 0.717) is 6.04 Å². The van der Waals surface area contributed by atoms with Gasteiger partial charge in [-0.25, -0.2) is 0 Å². The zero-order valence-corrected chi connectivity index (χ0v) is 13.1. The predicted molar refractivity (Wildman–Crippen MR) is 80.4 cm³/mol. The monoisotopic (exact) mass is 261 g/mol. The Kier molecular flexibility index (Phi) is 3.76. The predicted octanol–water partition coefficient (Wildman–Crippen LogP) is 3.16. The number of hydrogen-bond donors (Lipinski definition) is 1. The van der Waals surface area contributed by atoms with Crippen molar-refractivity contribution in [1.29, 1.82) is 0 Å². The fourth-order valence-corrected chi connectivity index (χ4v) is 3.37. The van der Waals surface area contributed by atoms with Gasteiger partial charge in [0.15, 0.2) is 0 Å². The first-order chi connectivity index (χ1) is 8.75. The molecule has 1 heterocycles. The van der Waals surface area contributed by atoms with Crippen LogP contribution in [0.3, 0.4) is 0 Å². The van der Waals surface area contributed by atoms with E-state index in [0.717, 1.165) is 18.5 Å². The van der Waals surface area contributed by atoms with E-state index >= 15 is 0 Å². The lowest BCUT2D eigenvalue weighted by atomic mass is 9.72. The maximum absolute atomic E-state index is 11.3. The number of likely N-dealkylation sites (tertiary alicyclic amines) is 1. The van der Waals surface area contributed by atoms with Gasteiger partial charge in [-0.05, 0) is 63.4 Å². The Balaban J connectivity index is 2.47. The van der Waals surface area contributed by atoms with Gasteiger partial charge in [0.2, 0.25) is 0 Å². The molecule has 2 heteroatoms. The highest BCUT2D eigenvalue weighted by molar-refractivity contribution is 5.40. The number of hydrogen-bond acceptors (Lipinski definition) is 2. The molecule has 19 heavy (non-hydrogen) atoms. The molecular formula is C17H27NO. The lowest BCUT2D eigenvalue weighted by Crippen LogP contribution is -2.51. The highest BCUT2D eigenvalue weighted by Gasteiger charge is 2.43. The van der Waals surface area contributed by atoms with E-state index in [1.807, 2.05) is 0 Å². The third-order valence-electron chi connectivity index (χ3n) is 5.04. The van der Waals surface area contributed by atoms with Gasteiger partial charge in [0.1, 0.15) is 0 Å². The van der Waals surface area contributed by atoms with Crippen LogP contribution in [0.25, 0.3) is 0 Å². The summed E-state index contributed by atoms with van der Waals surface area (Å²) in [5.74, 6) is 0.259. The van der Waals surface area contributed by atoms with Crippen LogP contribution in [-0.4, -0.2) is 29.6 Å². The quantitative estimate of drug-likeness (QED) is 0.839. The molecule has 1 aliphatic heterocycles. The van der Waals surface area contributed by atoms with Crippen LogP contribution < -0.4 is 0 Å². The van der Waals surface area contributed by atoms with E-state index in [1.165, 1.54) is 16.7 Å². The average Bonchev–Trinajstić information content (AvgIpc) is 2.31. The molecule has 0 amide bonds. The standard InChI is InChI=1S/C17H27NO/c1-11-7-13(3)16(8-12(11)2)17(19)9-15(5)18(6)10-14(17)4/h7-8,14-15,19H,9-10H2,1-6H3. The van der Waals surface area contributed by atoms with Gasteiger partial charge < -0.3 is 10.0 Å². The zero-order chi connectivity index (χ0) is 14.4. The molecule has 1 N–H and O–H groups in total. The SMILES string of the molecule is Cc1cc(C)c(C2(O)CC(C)N(C)CC2C)cc1C. The molecule has 2 rings (SSSR count). The van der Waals surface area contributed by atoms with Crippen molar-refractivity contribution in [3.8, 4) is 0 Å². The molecule has 1 aromatic carbocycles. The van der Waals surface area contributed by atoms with Crippen molar-refractivity contribution in [3.63, 3.8) is 0 Å². The van der Waals surface area contributed by atoms with Gasteiger partial charge in [0.05, 0.1) is 5.60 Å². The fourth-order valence-electron chi connectivity index (χ4n) is 3.37. The normalized spacial score (nSPS) is 32.6. The Morgan fingerprint density at radius 2 is 1.68 bits per heavy atom. The van der Waals surface area contributed by atoms with Gasteiger partial charge >= 0.3 is 0 Å². The van der Waals surface area contributed by atoms with Crippen LogP contribution >= 0.6 is 0 Å². The van der Waals surface area contributed by atoms with Gasteiger partial charge in [-0.15, -0.1) is 0 Å². The Bertz CT molecular complexity index is 482. The number of nitrogens with zero attached hydrogens (tertiary/aromatic N) is 1. The zero-order valence-electron chi connectivity index (χ0n) is 13.1. The lowest BCUT2D eigenvalue weighted by molar-refractivity contribution is -0.0847. The number of piperidine rings is 1. The topological polar surface area (TPSA) is 23.5 Å². The summed E-state index contributed by atoms with van der Waals surface area (Å²) in [7, 11) is 2.15. The first kappa shape index (κ1) is 14.5. The summed E-state index contributed by atoms with van der Waals surface area (Å²) in [6.07, 6.45) is 0.813. The Labute approximate surface area is 117 Å². The van der Waals surface area contributed by atoms with E-state index < -0.39 is 5.60 Å². The Morgan fingerprint density at radius 1 is 1.11 bits per heavy atom. The average molecular weight is 261 g/mol. The molecule has 0 bridgehead atoms. The molecule has 1 saturated heterocycles. The van der Waals surface area contributed by atoms with Crippen LogP contribution in [0.2, 0.25) is 0 Å². The number of rotatable bonds is 1. The van der Waals surface area contributed by atoms with E-state index in [1.54, 1.807) is 0 Å². The molecule has 106 valence electrons. The summed E-state index contributed by atoms with van der Waals surface area (Å²) in [6.45, 7) is 11.7. The molecule has 0 aliphatic carbocycles. The molecule has 0 saturated carbocycles. The minimum Gasteiger partial charge on any atom is -0.385 e. The van der Waals surface area contributed by atoms with Crippen LogP contribution in [0.1, 0.15) is 42.5 Å². The third-order valence-corrected chi connectivity index (χ3v) is 5.04. The summed E-state index contributed by atoms with van der Waals surface area (Å²) in [5.41, 5.74) is 4.23. The van der Waals surface area contributed by atoms with Gasteiger partial charge in [-0.3, -0.25) is 0 Å². The highest BCUT2D eigenvalue weighted by Crippen LogP contribution is 2.41. The Hall–Kier alpha value is -0.860. The molecule has 0 spiro atoms. The summed E-state index contributed by atoms with van der Waals surface area (Å²) in [6, 6.07) is 4.82. The summed E-state index contributed by atoms with van der Waals surface area (Å²) < 4.78 is 0. The fraction of sp³-hybridized carbons (Fsp3) is 0.647. The van der Waals surface area contributed by atoms with Crippen LogP contribution in [-0.2, 0) is 5.60 Å². The molecule has 0 aromatic heterocycles. The van der Waals surface area contributed by atoms with Gasteiger partial charge in [0.25, 0.3) is 0 Å². The van der Waals surface area contributed by atoms with Gasteiger partial charge in [-0.1, -0.05) is 19.1 Å². The molecule has 0 radical (unpaired) electrons. The Morgan fingerprint density at radius 3 is 2.32 bits per heavy atom. The van der Waals surface area contributed by atoms with Crippen molar-refractivity contribution >= 4 is 0 Å². The molecular weight excluding hydrogens is 234 g/mol. The lowest BCUT2D eigenvalue weighted by Gasteiger charge is -2.46. The smallest absolute Gasteiger partial charge is 0.0951 e. The van der Waals surface area contributed by atoms with Crippen molar-refractivity contribution in [2.75, 3.05) is 13.6 Å². The van der Waals surface area contributed by atoms with Gasteiger partial charge in [0, 0.05) is 18.5 Å². The maximum Gasteiger partial charge on any atom is 0.0951 e. The van der Waals surface area contributed by atoms with E-state index in [2.05, 4.69) is 58.7 Å². The molecule has 1 aliphatic rings. The second-order valence-corrected chi connectivity index (χ2v) is 6.57. The van der Waals surface area contributed by atoms with Crippen LogP contribution in [0.5, 0.6) is 0 Å². The van der Waals surface area contributed by atoms with Gasteiger partial charge in [-0.2, -0.15) is 0 Å². The van der Waals surface area contributed by atoms with Crippen molar-refractivity contribution < 1.29 is 5.11 Å². The molecule has 3 unspecified atom stereocenters. The van der Waals surface area contributed by atoms with Crippen molar-refractivity contribution in [2.45, 2.75) is 52.7 Å². The van der Waals surface area contributed by atoms with Crippen LogP contribution in [0.4, 0.5) is 0 Å². The second-order valence-electron chi connectivity index (χ2n) is 6.57. The molecule has 3 atom stereocenters. The highest BCUT2D eigenvalue weighted by atomic mass is 16.3. The molecule has 1 aromatic rings. The largest absolute Gasteiger partial charge is 0.385 e. The second kappa shape index (κ2) is 4.92. The molecule has 1 fully saturated rings. The first-order valence-corrected chi connectivity index (χ1v) is 7.26. The third kappa shape index (κ3) is 2.44.